The molecular formula is C20H22F4O2. The van der Waals surface area contributed by atoms with Crippen LogP contribution in [0.25, 0.3) is 0 Å². The van der Waals surface area contributed by atoms with E-state index < -0.39 is 29.6 Å². The number of phenols is 1. The molecule has 0 heterocycles. The maximum Gasteiger partial charge on any atom is 0.415 e. The lowest BCUT2D eigenvalue weighted by Gasteiger charge is -2.25. The Balaban J connectivity index is 2.47. The average Bonchev–Trinajstić information content (AvgIpc) is 2.53. The summed E-state index contributed by atoms with van der Waals surface area (Å²) in [6.45, 7) is 7.32. The van der Waals surface area contributed by atoms with Gasteiger partial charge in [0.1, 0.15) is 11.9 Å². The minimum atomic E-state index is -4.83. The lowest BCUT2D eigenvalue weighted by Crippen LogP contribution is -2.33. The highest BCUT2D eigenvalue weighted by atomic mass is 19.4. The summed E-state index contributed by atoms with van der Waals surface area (Å²) in [5, 5.41) is 10.4. The molecule has 2 rings (SSSR count). The molecule has 0 aliphatic heterocycles. The summed E-state index contributed by atoms with van der Waals surface area (Å²) in [5.41, 5.74) is -0.219. The van der Waals surface area contributed by atoms with Crippen molar-refractivity contribution in [3.63, 3.8) is 0 Å². The molecule has 1 aliphatic rings. The summed E-state index contributed by atoms with van der Waals surface area (Å²) in [7, 11) is 0. The first-order valence-electron chi connectivity index (χ1n) is 8.45. The fraction of sp³-hybridized carbons (Fsp3) is 0.450. The van der Waals surface area contributed by atoms with Gasteiger partial charge in [-0.15, -0.1) is 0 Å². The number of alkyl halides is 4. The summed E-state index contributed by atoms with van der Waals surface area (Å²) < 4.78 is 53.2. The quantitative estimate of drug-likeness (QED) is 0.534. The topological polar surface area (TPSA) is 37.3 Å². The van der Waals surface area contributed by atoms with Crippen molar-refractivity contribution in [1.29, 1.82) is 0 Å². The second kappa shape index (κ2) is 7.25. The molecule has 0 radical (unpaired) electrons. The van der Waals surface area contributed by atoms with Gasteiger partial charge in [0.25, 0.3) is 0 Å². The highest BCUT2D eigenvalue weighted by Crippen LogP contribution is 2.39. The number of carbonyl (C=O) groups is 1. The lowest BCUT2D eigenvalue weighted by molar-refractivity contribution is -0.102. The van der Waals surface area contributed by atoms with Gasteiger partial charge in [0.05, 0.1) is 11.5 Å². The summed E-state index contributed by atoms with van der Waals surface area (Å²) in [5.74, 6) is -2.41. The molecule has 142 valence electrons. The van der Waals surface area contributed by atoms with Crippen LogP contribution < -0.4 is 0 Å². The van der Waals surface area contributed by atoms with Crippen LogP contribution in [0.4, 0.5) is 17.6 Å². The fourth-order valence-corrected chi connectivity index (χ4v) is 3.03. The monoisotopic (exact) mass is 370 g/mol. The molecule has 0 saturated heterocycles. The van der Waals surface area contributed by atoms with Gasteiger partial charge in [0, 0.05) is 5.56 Å². The number of hydrogen-bond acceptors (Lipinski definition) is 2. The Morgan fingerprint density at radius 2 is 1.58 bits per heavy atom. The Morgan fingerprint density at radius 3 is 2.00 bits per heavy atom. The van der Waals surface area contributed by atoms with E-state index >= 15 is 0 Å². The molecule has 0 saturated carbocycles. The van der Waals surface area contributed by atoms with Crippen LogP contribution in [0.3, 0.4) is 0 Å². The van der Waals surface area contributed by atoms with Crippen LogP contribution in [-0.2, 0) is 0 Å². The van der Waals surface area contributed by atoms with Gasteiger partial charge in [-0.2, -0.15) is 13.2 Å². The zero-order valence-corrected chi connectivity index (χ0v) is 15.1. The molecule has 6 heteroatoms. The normalized spacial score (nSPS) is 20.6. The molecule has 2 nitrogen and oxygen atoms in total. The first-order chi connectivity index (χ1) is 11.9. The van der Waals surface area contributed by atoms with Crippen LogP contribution in [0.2, 0.25) is 0 Å². The van der Waals surface area contributed by atoms with E-state index in [1.165, 1.54) is 12.1 Å². The predicted molar refractivity (Wildman–Crippen MR) is 92.3 cm³/mol. The average molecular weight is 370 g/mol. The Bertz CT molecular complexity index is 729. The van der Waals surface area contributed by atoms with Crippen LogP contribution in [0, 0.1) is 5.92 Å². The van der Waals surface area contributed by atoms with Crippen LogP contribution in [0.5, 0.6) is 5.75 Å². The summed E-state index contributed by atoms with van der Waals surface area (Å²) in [4.78, 5) is 12.8. The molecule has 0 bridgehead atoms. The third kappa shape index (κ3) is 3.84. The lowest BCUT2D eigenvalue weighted by atomic mass is 9.83. The van der Waals surface area contributed by atoms with E-state index in [4.69, 9.17) is 0 Å². The predicted octanol–water partition coefficient (Wildman–Crippen LogP) is 5.83. The van der Waals surface area contributed by atoms with E-state index in [0.717, 1.165) is 12.2 Å². The minimum absolute atomic E-state index is 0.0680. The summed E-state index contributed by atoms with van der Waals surface area (Å²) >= 11 is 0. The number of Topliss-reactive ketones (excluding diaryl/α,β-unsaturated/α-hetero) is 1. The van der Waals surface area contributed by atoms with Crippen LogP contribution in [0.1, 0.15) is 61.0 Å². The largest absolute Gasteiger partial charge is 0.507 e. The molecule has 0 fully saturated rings. The van der Waals surface area contributed by atoms with E-state index in [1.54, 1.807) is 0 Å². The first kappa shape index (κ1) is 20.2. The van der Waals surface area contributed by atoms with Crippen LogP contribution in [-0.4, -0.2) is 23.2 Å². The van der Waals surface area contributed by atoms with Crippen molar-refractivity contribution in [3.8, 4) is 5.75 Å². The van der Waals surface area contributed by atoms with E-state index in [9.17, 15) is 27.5 Å². The maximum atomic E-state index is 14.4. The van der Waals surface area contributed by atoms with E-state index in [-0.39, 0.29) is 23.1 Å². The van der Waals surface area contributed by atoms with Gasteiger partial charge in [-0.3, -0.25) is 4.79 Å². The van der Waals surface area contributed by atoms with Crippen molar-refractivity contribution in [2.45, 2.75) is 51.9 Å². The summed E-state index contributed by atoms with van der Waals surface area (Å²) in [6, 6.07) is 2.89. The number of carbonyl (C=O) groups excluding carboxylic acids is 1. The van der Waals surface area contributed by atoms with E-state index in [2.05, 4.69) is 0 Å². The number of phenolic OH excluding ortho intramolecular Hbond substituents is 1. The number of rotatable bonds is 4. The van der Waals surface area contributed by atoms with Crippen molar-refractivity contribution in [2.24, 2.45) is 5.92 Å². The second-order valence-corrected chi connectivity index (χ2v) is 7.11. The SMILES string of the molecule is CC(C)c1cc(C(=O)C2C=CC=C(C(F)(F)F)C2F)cc(C(C)C)c1O. The number of benzene rings is 1. The highest BCUT2D eigenvalue weighted by molar-refractivity contribution is 6.00. The maximum absolute atomic E-state index is 14.4. The Morgan fingerprint density at radius 1 is 1.08 bits per heavy atom. The standard InChI is InChI=1S/C20H22F4O2/c1-10(2)14-8-12(9-15(11(3)4)19(14)26)18(25)13-6-5-7-16(17(13)21)20(22,23)24/h5-11,13,17,26H,1-4H3. The smallest absolute Gasteiger partial charge is 0.415 e. The third-order valence-corrected chi connectivity index (χ3v) is 4.53. The van der Waals surface area contributed by atoms with Crippen molar-refractivity contribution in [2.75, 3.05) is 0 Å². The van der Waals surface area contributed by atoms with Gasteiger partial charge in [0.15, 0.2) is 5.78 Å². The number of allylic oxidation sites excluding steroid dienone is 4. The minimum Gasteiger partial charge on any atom is -0.507 e. The van der Waals surface area contributed by atoms with Crippen LogP contribution in [0.15, 0.2) is 35.9 Å². The molecule has 2 unspecified atom stereocenters. The molecule has 0 spiro atoms. The molecule has 1 aromatic carbocycles. The Labute approximate surface area is 150 Å². The number of aromatic hydroxyl groups is 1. The van der Waals surface area contributed by atoms with Gasteiger partial charge >= 0.3 is 6.18 Å². The van der Waals surface area contributed by atoms with Crippen molar-refractivity contribution in [3.05, 3.63) is 52.6 Å². The molecule has 26 heavy (non-hydrogen) atoms. The van der Waals surface area contributed by atoms with Gasteiger partial charge in [-0.1, -0.05) is 45.9 Å². The van der Waals surface area contributed by atoms with Crippen LogP contribution >= 0.6 is 0 Å². The van der Waals surface area contributed by atoms with Gasteiger partial charge in [0.2, 0.25) is 0 Å². The Kier molecular flexibility index (Phi) is 5.64. The molecule has 1 aromatic rings. The zero-order chi connectivity index (χ0) is 19.8. The third-order valence-electron chi connectivity index (χ3n) is 4.53. The number of halogens is 4. The van der Waals surface area contributed by atoms with Crippen molar-refractivity contribution in [1.82, 2.24) is 0 Å². The summed E-state index contributed by atoms with van der Waals surface area (Å²) in [6.07, 6.45) is -4.41. The molecule has 2 atom stereocenters. The van der Waals surface area contributed by atoms with E-state index in [0.29, 0.717) is 17.2 Å². The number of hydrogen-bond donors (Lipinski definition) is 1. The molecule has 1 N–H and O–H groups in total. The molecular weight excluding hydrogens is 348 g/mol. The van der Waals surface area contributed by atoms with Crippen molar-refractivity contribution >= 4 is 5.78 Å². The molecule has 1 aliphatic carbocycles. The van der Waals surface area contributed by atoms with Crippen molar-refractivity contribution < 1.29 is 27.5 Å². The highest BCUT2D eigenvalue weighted by Gasteiger charge is 2.44. The molecule has 0 amide bonds. The Hall–Kier alpha value is -2.11. The van der Waals surface area contributed by atoms with Gasteiger partial charge in [-0.05, 0) is 35.1 Å². The molecule has 0 aromatic heterocycles. The van der Waals surface area contributed by atoms with E-state index in [1.807, 2.05) is 27.7 Å². The van der Waals surface area contributed by atoms with Gasteiger partial charge < -0.3 is 5.11 Å². The first-order valence-corrected chi connectivity index (χ1v) is 8.45. The van der Waals surface area contributed by atoms with Gasteiger partial charge in [-0.25, -0.2) is 4.39 Å². The second-order valence-electron chi connectivity index (χ2n) is 7.11. The fourth-order valence-electron chi connectivity index (χ4n) is 3.03. The number of ketones is 1. The zero-order valence-electron chi connectivity index (χ0n) is 15.1.